The summed E-state index contributed by atoms with van der Waals surface area (Å²) in [6.07, 6.45) is -6.38. The van der Waals surface area contributed by atoms with Crippen molar-refractivity contribution in [1.29, 1.82) is 0 Å². The Morgan fingerprint density at radius 1 is 1.44 bits per heavy atom. The summed E-state index contributed by atoms with van der Waals surface area (Å²) in [5.41, 5.74) is -0.660. The van der Waals surface area contributed by atoms with Crippen molar-refractivity contribution in [2.75, 3.05) is 6.61 Å². The highest BCUT2D eigenvalue weighted by Gasteiger charge is 2.41. The summed E-state index contributed by atoms with van der Waals surface area (Å²) >= 11 is 0. The molecule has 0 radical (unpaired) electrons. The average Bonchev–Trinajstić information content (AvgIpc) is 2.33. The maximum Gasteiger partial charge on any atom is 0.418 e. The van der Waals surface area contributed by atoms with Crippen LogP contribution < -0.4 is 0 Å². The number of nitrogens with zero attached hydrogens (tertiary/aromatic N) is 1. The molecule has 0 heterocycles. The molecule has 1 unspecified atom stereocenters. The van der Waals surface area contributed by atoms with Crippen LogP contribution in [0.3, 0.4) is 0 Å². The minimum absolute atomic E-state index is 0.0637. The lowest BCUT2D eigenvalue weighted by atomic mass is 10.0. The number of aldehydes is 1. The van der Waals surface area contributed by atoms with Gasteiger partial charge in [-0.1, -0.05) is 6.07 Å². The third-order valence-electron chi connectivity index (χ3n) is 2.21. The van der Waals surface area contributed by atoms with Crippen LogP contribution >= 0.6 is 0 Å². The molecular formula is C11H10F3NO3. The lowest BCUT2D eigenvalue weighted by Gasteiger charge is -2.20. The van der Waals surface area contributed by atoms with Gasteiger partial charge in [0, 0.05) is 12.2 Å². The Morgan fingerprint density at radius 2 is 2.11 bits per heavy atom. The minimum Gasteiger partial charge on any atom is -0.364 e. The Hall–Kier alpha value is -1.76. The van der Waals surface area contributed by atoms with Crippen molar-refractivity contribution in [2.24, 2.45) is 5.18 Å². The molecule has 0 amide bonds. The van der Waals surface area contributed by atoms with Crippen molar-refractivity contribution in [2.45, 2.75) is 19.2 Å². The largest absolute Gasteiger partial charge is 0.418 e. The third kappa shape index (κ3) is 3.13. The van der Waals surface area contributed by atoms with Gasteiger partial charge >= 0.3 is 6.18 Å². The van der Waals surface area contributed by atoms with Gasteiger partial charge in [0.2, 0.25) is 0 Å². The fraction of sp³-hybridized carbons (Fsp3) is 0.364. The first kappa shape index (κ1) is 14.3. The van der Waals surface area contributed by atoms with Crippen LogP contribution in [0.5, 0.6) is 0 Å². The summed E-state index contributed by atoms with van der Waals surface area (Å²) in [7, 11) is 0. The molecular weight excluding hydrogens is 251 g/mol. The van der Waals surface area contributed by atoms with E-state index < -0.39 is 12.3 Å². The zero-order valence-electron chi connectivity index (χ0n) is 9.40. The number of nitroso groups, excluding NO2 is 1. The lowest BCUT2D eigenvalue weighted by molar-refractivity contribution is -0.222. The van der Waals surface area contributed by atoms with E-state index in [-0.39, 0.29) is 23.4 Å². The second-order valence-corrected chi connectivity index (χ2v) is 3.40. The van der Waals surface area contributed by atoms with Gasteiger partial charge in [-0.25, -0.2) is 0 Å². The Kier molecular flexibility index (Phi) is 4.55. The Balaban J connectivity index is 3.21. The molecule has 0 N–H and O–H groups in total. The molecule has 98 valence electrons. The van der Waals surface area contributed by atoms with E-state index in [1.807, 2.05) is 0 Å². The van der Waals surface area contributed by atoms with E-state index in [9.17, 15) is 22.9 Å². The van der Waals surface area contributed by atoms with Gasteiger partial charge in [-0.2, -0.15) is 13.2 Å². The maximum absolute atomic E-state index is 12.7. The van der Waals surface area contributed by atoms with Crippen molar-refractivity contribution in [3.8, 4) is 0 Å². The Labute approximate surface area is 101 Å². The first-order valence-corrected chi connectivity index (χ1v) is 5.04. The molecule has 0 saturated carbocycles. The van der Waals surface area contributed by atoms with E-state index in [0.717, 1.165) is 18.2 Å². The van der Waals surface area contributed by atoms with E-state index in [1.165, 1.54) is 6.92 Å². The molecule has 0 fully saturated rings. The number of hydrogen-bond acceptors (Lipinski definition) is 4. The zero-order chi connectivity index (χ0) is 13.8. The van der Waals surface area contributed by atoms with Gasteiger partial charge in [0.1, 0.15) is 5.69 Å². The molecule has 0 aliphatic carbocycles. The van der Waals surface area contributed by atoms with Crippen LogP contribution in [0.15, 0.2) is 23.4 Å². The number of benzene rings is 1. The fourth-order valence-corrected chi connectivity index (χ4v) is 1.45. The van der Waals surface area contributed by atoms with E-state index >= 15 is 0 Å². The van der Waals surface area contributed by atoms with Gasteiger partial charge in [-0.15, -0.1) is 4.91 Å². The summed E-state index contributed by atoms with van der Waals surface area (Å²) < 4.78 is 42.7. The quantitative estimate of drug-likeness (QED) is 0.601. The van der Waals surface area contributed by atoms with Gasteiger partial charge in [0.05, 0.1) is 0 Å². The summed E-state index contributed by atoms with van der Waals surface area (Å²) in [5.74, 6) is 0. The second kappa shape index (κ2) is 5.72. The van der Waals surface area contributed by atoms with Gasteiger partial charge in [0.15, 0.2) is 12.4 Å². The van der Waals surface area contributed by atoms with Crippen LogP contribution in [0.4, 0.5) is 18.9 Å². The molecule has 1 aromatic rings. The number of carbonyl (C=O) groups excluding carboxylic acids is 1. The number of hydrogen-bond donors (Lipinski definition) is 0. The van der Waals surface area contributed by atoms with Crippen LogP contribution in [-0.4, -0.2) is 19.1 Å². The van der Waals surface area contributed by atoms with Crippen LogP contribution in [0, 0.1) is 4.91 Å². The van der Waals surface area contributed by atoms with Crippen molar-refractivity contribution in [1.82, 2.24) is 0 Å². The molecule has 0 bridgehead atoms. The number of halogens is 3. The van der Waals surface area contributed by atoms with E-state index in [4.69, 9.17) is 0 Å². The van der Waals surface area contributed by atoms with E-state index in [2.05, 4.69) is 9.91 Å². The second-order valence-electron chi connectivity index (χ2n) is 3.40. The molecule has 0 aliphatic rings. The van der Waals surface area contributed by atoms with Crippen molar-refractivity contribution >= 4 is 12.0 Å². The summed E-state index contributed by atoms with van der Waals surface area (Å²) in [5, 5.41) is 2.52. The van der Waals surface area contributed by atoms with Crippen molar-refractivity contribution in [3.63, 3.8) is 0 Å². The van der Waals surface area contributed by atoms with Gasteiger partial charge in [-0.05, 0) is 29.8 Å². The highest BCUT2D eigenvalue weighted by atomic mass is 19.4. The third-order valence-corrected chi connectivity index (χ3v) is 2.21. The first-order chi connectivity index (χ1) is 8.43. The molecule has 1 aromatic carbocycles. The van der Waals surface area contributed by atoms with Crippen LogP contribution in [0.25, 0.3) is 0 Å². The molecule has 1 atom stereocenters. The predicted octanol–water partition coefficient (Wildman–Crippen LogP) is 3.54. The number of ether oxygens (including phenoxy) is 1. The standard InChI is InChI=1S/C11H10F3NO3/c1-2-18-10(11(12,13)14)7-3-4-8(6-16)9(5-7)15-17/h3-6,10H,2H2,1H3. The number of carbonyl (C=O) groups is 1. The summed E-state index contributed by atoms with van der Waals surface area (Å²) in [6.45, 7) is 1.29. The SMILES string of the molecule is CCOC(c1ccc(C=O)c(N=O)c1)C(F)(F)F. The minimum atomic E-state index is -4.60. The van der Waals surface area contributed by atoms with Crippen molar-refractivity contribution < 1.29 is 22.7 Å². The van der Waals surface area contributed by atoms with Crippen LogP contribution in [0.2, 0.25) is 0 Å². The Morgan fingerprint density at radius 3 is 2.56 bits per heavy atom. The predicted molar refractivity (Wildman–Crippen MR) is 57.7 cm³/mol. The normalized spacial score (nSPS) is 13.1. The molecule has 7 heteroatoms. The lowest BCUT2D eigenvalue weighted by Crippen LogP contribution is -2.23. The van der Waals surface area contributed by atoms with Crippen LogP contribution in [0.1, 0.15) is 28.9 Å². The van der Waals surface area contributed by atoms with Gasteiger partial charge in [-0.3, -0.25) is 4.79 Å². The summed E-state index contributed by atoms with van der Waals surface area (Å²) in [4.78, 5) is 21.0. The molecule has 0 aliphatic heterocycles. The zero-order valence-corrected chi connectivity index (χ0v) is 9.40. The van der Waals surface area contributed by atoms with Gasteiger partial charge < -0.3 is 4.74 Å². The van der Waals surface area contributed by atoms with Crippen LogP contribution in [-0.2, 0) is 4.74 Å². The fourth-order valence-electron chi connectivity index (χ4n) is 1.45. The Bertz CT molecular complexity index is 446. The monoisotopic (exact) mass is 261 g/mol. The number of alkyl halides is 3. The molecule has 0 saturated heterocycles. The summed E-state index contributed by atoms with van der Waals surface area (Å²) in [6, 6.07) is 3.10. The molecule has 4 nitrogen and oxygen atoms in total. The van der Waals surface area contributed by atoms with E-state index in [0.29, 0.717) is 6.29 Å². The van der Waals surface area contributed by atoms with E-state index in [1.54, 1.807) is 0 Å². The highest BCUT2D eigenvalue weighted by molar-refractivity contribution is 5.83. The molecule has 18 heavy (non-hydrogen) atoms. The maximum atomic E-state index is 12.7. The number of rotatable bonds is 5. The first-order valence-electron chi connectivity index (χ1n) is 5.04. The molecule has 0 aromatic heterocycles. The molecule has 1 rings (SSSR count). The highest BCUT2D eigenvalue weighted by Crippen LogP contribution is 2.37. The molecule has 0 spiro atoms. The average molecular weight is 261 g/mol. The smallest absolute Gasteiger partial charge is 0.364 e. The topological polar surface area (TPSA) is 55.7 Å². The van der Waals surface area contributed by atoms with Gasteiger partial charge in [0.25, 0.3) is 0 Å². The van der Waals surface area contributed by atoms with Crippen molar-refractivity contribution in [3.05, 3.63) is 34.2 Å².